The third-order valence-corrected chi connectivity index (χ3v) is 4.78. The molecule has 0 N–H and O–H groups in total. The van der Waals surface area contributed by atoms with Crippen LogP contribution in [0.1, 0.15) is 18.5 Å². The van der Waals surface area contributed by atoms with E-state index in [4.69, 9.17) is 4.74 Å². The van der Waals surface area contributed by atoms with E-state index < -0.39 is 0 Å². The molecule has 4 heterocycles. The van der Waals surface area contributed by atoms with Gasteiger partial charge in [-0.1, -0.05) is 0 Å². The number of ether oxygens (including phenoxy) is 1. The molecule has 0 spiro atoms. The van der Waals surface area contributed by atoms with Crippen LogP contribution in [-0.2, 0) is 4.74 Å². The molecule has 0 radical (unpaired) electrons. The minimum atomic E-state index is 0.438. The van der Waals surface area contributed by atoms with Crippen molar-refractivity contribution in [1.82, 2.24) is 24.9 Å². The SMILES string of the molecule is Cc1ccn(-c2ccc(N3CCN(C[C@@H]4CCCO4)CC3)nn2)n1. The molecule has 7 nitrogen and oxygen atoms in total. The number of aryl methyl sites for hydroxylation is 1. The van der Waals surface area contributed by atoms with Gasteiger partial charge >= 0.3 is 0 Å². The molecule has 0 amide bonds. The fraction of sp³-hybridized carbons (Fsp3) is 0.588. The molecule has 2 saturated heterocycles. The first kappa shape index (κ1) is 15.5. The lowest BCUT2D eigenvalue weighted by molar-refractivity contribution is 0.0712. The zero-order valence-electron chi connectivity index (χ0n) is 14.1. The quantitative estimate of drug-likeness (QED) is 0.842. The van der Waals surface area contributed by atoms with E-state index in [-0.39, 0.29) is 0 Å². The second kappa shape index (κ2) is 6.86. The molecule has 0 bridgehead atoms. The summed E-state index contributed by atoms with van der Waals surface area (Å²) in [5, 5.41) is 13.1. The third-order valence-electron chi connectivity index (χ3n) is 4.78. The Kier molecular flexibility index (Phi) is 4.44. The van der Waals surface area contributed by atoms with Crippen LogP contribution < -0.4 is 4.90 Å². The molecule has 2 aromatic heterocycles. The van der Waals surface area contributed by atoms with Crippen LogP contribution in [-0.4, -0.2) is 70.3 Å². The van der Waals surface area contributed by atoms with Crippen LogP contribution in [0.25, 0.3) is 5.82 Å². The molecule has 7 heteroatoms. The normalized spacial score (nSPS) is 22.2. The average Bonchev–Trinajstić information content (AvgIpc) is 3.28. The van der Waals surface area contributed by atoms with Crippen molar-refractivity contribution >= 4 is 5.82 Å². The van der Waals surface area contributed by atoms with Gasteiger partial charge in [-0.15, -0.1) is 10.2 Å². The lowest BCUT2D eigenvalue weighted by atomic mass is 10.2. The van der Waals surface area contributed by atoms with E-state index in [2.05, 4.69) is 25.1 Å². The van der Waals surface area contributed by atoms with E-state index in [0.717, 1.165) is 56.7 Å². The van der Waals surface area contributed by atoms with E-state index in [1.807, 2.05) is 31.3 Å². The minimum Gasteiger partial charge on any atom is -0.377 e. The summed E-state index contributed by atoms with van der Waals surface area (Å²) in [6.45, 7) is 8.06. The Morgan fingerprint density at radius 1 is 1.08 bits per heavy atom. The number of aromatic nitrogens is 4. The van der Waals surface area contributed by atoms with Gasteiger partial charge in [-0.2, -0.15) is 5.10 Å². The van der Waals surface area contributed by atoms with Crippen LogP contribution in [0.15, 0.2) is 24.4 Å². The predicted molar refractivity (Wildman–Crippen MR) is 91.5 cm³/mol. The number of nitrogens with zero attached hydrogens (tertiary/aromatic N) is 6. The van der Waals surface area contributed by atoms with Gasteiger partial charge in [-0.3, -0.25) is 4.90 Å². The monoisotopic (exact) mass is 328 g/mol. The van der Waals surface area contributed by atoms with Gasteiger partial charge in [0.25, 0.3) is 0 Å². The maximum absolute atomic E-state index is 5.74. The molecule has 0 unspecified atom stereocenters. The van der Waals surface area contributed by atoms with E-state index in [9.17, 15) is 0 Å². The molecule has 2 aliphatic heterocycles. The van der Waals surface area contributed by atoms with Crippen molar-refractivity contribution in [2.45, 2.75) is 25.9 Å². The van der Waals surface area contributed by atoms with Gasteiger partial charge in [-0.25, -0.2) is 4.68 Å². The lowest BCUT2D eigenvalue weighted by Gasteiger charge is -2.36. The van der Waals surface area contributed by atoms with Crippen molar-refractivity contribution in [2.75, 3.05) is 44.2 Å². The summed E-state index contributed by atoms with van der Waals surface area (Å²) in [6.07, 6.45) is 4.76. The highest BCUT2D eigenvalue weighted by molar-refractivity contribution is 5.40. The fourth-order valence-corrected chi connectivity index (χ4v) is 3.39. The number of rotatable bonds is 4. The highest BCUT2D eigenvalue weighted by atomic mass is 16.5. The summed E-state index contributed by atoms with van der Waals surface area (Å²) in [6, 6.07) is 5.98. The molecule has 1 atom stereocenters. The third kappa shape index (κ3) is 3.42. The summed E-state index contributed by atoms with van der Waals surface area (Å²) < 4.78 is 7.49. The molecule has 2 fully saturated rings. The van der Waals surface area contributed by atoms with E-state index in [1.54, 1.807) is 4.68 Å². The van der Waals surface area contributed by atoms with E-state index in [0.29, 0.717) is 6.10 Å². The van der Waals surface area contributed by atoms with Crippen LogP contribution in [0, 0.1) is 6.92 Å². The van der Waals surface area contributed by atoms with Crippen LogP contribution in [0.4, 0.5) is 5.82 Å². The zero-order valence-corrected chi connectivity index (χ0v) is 14.1. The van der Waals surface area contributed by atoms with Gasteiger partial charge in [0.1, 0.15) is 0 Å². The number of hydrogen-bond acceptors (Lipinski definition) is 6. The first-order valence-corrected chi connectivity index (χ1v) is 8.73. The summed E-state index contributed by atoms with van der Waals surface area (Å²) >= 11 is 0. The molecule has 0 saturated carbocycles. The Labute approximate surface area is 142 Å². The predicted octanol–water partition coefficient (Wildman–Crippen LogP) is 1.27. The molecule has 0 aromatic carbocycles. The highest BCUT2D eigenvalue weighted by Gasteiger charge is 2.23. The van der Waals surface area contributed by atoms with Crippen molar-refractivity contribution in [3.05, 3.63) is 30.1 Å². The summed E-state index contributed by atoms with van der Waals surface area (Å²) in [4.78, 5) is 4.80. The standard InChI is InChI=1S/C17H24N6O/c1-14-6-7-23(20-14)17-5-4-16(18-19-17)22-10-8-21(9-11-22)13-15-3-2-12-24-15/h4-7,15H,2-3,8-13H2,1H3/t15-/m0/s1. The van der Waals surface area contributed by atoms with Gasteiger partial charge in [0.05, 0.1) is 11.8 Å². The molecule has 2 aromatic rings. The first-order chi connectivity index (χ1) is 11.8. The largest absolute Gasteiger partial charge is 0.377 e. The van der Waals surface area contributed by atoms with Gasteiger partial charge < -0.3 is 9.64 Å². The van der Waals surface area contributed by atoms with Crippen molar-refractivity contribution < 1.29 is 4.74 Å². The molecule has 24 heavy (non-hydrogen) atoms. The number of anilines is 1. The van der Waals surface area contributed by atoms with Crippen molar-refractivity contribution in [3.8, 4) is 5.82 Å². The molecule has 128 valence electrons. The zero-order chi connectivity index (χ0) is 16.4. The molecule has 4 rings (SSSR count). The van der Waals surface area contributed by atoms with Crippen LogP contribution >= 0.6 is 0 Å². The number of hydrogen-bond donors (Lipinski definition) is 0. The van der Waals surface area contributed by atoms with Gasteiger partial charge in [0, 0.05) is 45.5 Å². The van der Waals surface area contributed by atoms with Crippen molar-refractivity contribution in [3.63, 3.8) is 0 Å². The Morgan fingerprint density at radius 2 is 1.88 bits per heavy atom. The smallest absolute Gasteiger partial charge is 0.175 e. The second-order valence-electron chi connectivity index (χ2n) is 6.57. The summed E-state index contributed by atoms with van der Waals surface area (Å²) in [5.74, 6) is 1.70. The van der Waals surface area contributed by atoms with E-state index >= 15 is 0 Å². The Balaban J connectivity index is 1.33. The lowest BCUT2D eigenvalue weighted by Crippen LogP contribution is -2.48. The molecular formula is C17H24N6O. The maximum Gasteiger partial charge on any atom is 0.175 e. The Bertz CT molecular complexity index is 656. The fourth-order valence-electron chi connectivity index (χ4n) is 3.39. The van der Waals surface area contributed by atoms with Crippen molar-refractivity contribution in [2.24, 2.45) is 0 Å². The molecule has 2 aliphatic rings. The second-order valence-corrected chi connectivity index (χ2v) is 6.57. The molecular weight excluding hydrogens is 304 g/mol. The van der Waals surface area contributed by atoms with E-state index in [1.165, 1.54) is 12.8 Å². The highest BCUT2D eigenvalue weighted by Crippen LogP contribution is 2.17. The van der Waals surface area contributed by atoms with Crippen LogP contribution in [0.5, 0.6) is 0 Å². The van der Waals surface area contributed by atoms with Crippen molar-refractivity contribution in [1.29, 1.82) is 0 Å². The Hall–Kier alpha value is -1.99. The number of piperazine rings is 1. The summed E-state index contributed by atoms with van der Waals surface area (Å²) in [7, 11) is 0. The average molecular weight is 328 g/mol. The van der Waals surface area contributed by atoms with Crippen LogP contribution in [0.2, 0.25) is 0 Å². The van der Waals surface area contributed by atoms with Gasteiger partial charge in [0.15, 0.2) is 11.6 Å². The van der Waals surface area contributed by atoms with Gasteiger partial charge in [0.2, 0.25) is 0 Å². The molecule has 0 aliphatic carbocycles. The maximum atomic E-state index is 5.74. The topological polar surface area (TPSA) is 59.3 Å². The first-order valence-electron chi connectivity index (χ1n) is 8.73. The Morgan fingerprint density at radius 3 is 2.50 bits per heavy atom. The summed E-state index contributed by atoms with van der Waals surface area (Å²) in [5.41, 5.74) is 0.975. The van der Waals surface area contributed by atoms with Crippen LogP contribution in [0.3, 0.4) is 0 Å². The van der Waals surface area contributed by atoms with Gasteiger partial charge in [-0.05, 0) is 38.0 Å². The minimum absolute atomic E-state index is 0.438.